The molecule has 0 atom stereocenters. The molecule has 4 heteroatoms. The molecular weight excluding hydrogens is 166 g/mol. The second-order valence-electron chi connectivity index (χ2n) is 4.41. The summed E-state index contributed by atoms with van der Waals surface area (Å²) in [5.74, 6) is 5.84. The number of nitrogens with zero attached hydrogens (tertiary/aromatic N) is 2. The van der Waals surface area contributed by atoms with Crippen molar-refractivity contribution in [3.8, 4) is 0 Å². The van der Waals surface area contributed by atoms with E-state index in [4.69, 9.17) is 5.84 Å². The van der Waals surface area contributed by atoms with Gasteiger partial charge in [-0.25, -0.2) is 5.01 Å². The van der Waals surface area contributed by atoms with Crippen LogP contribution in [0, 0.1) is 5.41 Å². The highest BCUT2D eigenvalue weighted by atomic mass is 16.2. The number of piperidine rings is 1. The van der Waals surface area contributed by atoms with Crippen LogP contribution in [0.5, 0.6) is 0 Å². The summed E-state index contributed by atoms with van der Waals surface area (Å²) in [7, 11) is 0. The van der Waals surface area contributed by atoms with Gasteiger partial charge in [-0.1, -0.05) is 0 Å². The van der Waals surface area contributed by atoms with Crippen LogP contribution in [0.25, 0.3) is 0 Å². The number of likely N-dealkylation sites (tertiary alicyclic amines) is 1. The van der Waals surface area contributed by atoms with Crippen LogP contribution in [0.3, 0.4) is 0 Å². The number of carbonyl (C=O) groups is 1. The first-order valence-electron chi connectivity index (χ1n) is 4.87. The molecule has 2 N–H and O–H groups in total. The third kappa shape index (κ3) is 1.56. The molecule has 2 aliphatic heterocycles. The van der Waals surface area contributed by atoms with Crippen molar-refractivity contribution in [2.75, 3.05) is 26.2 Å². The van der Waals surface area contributed by atoms with Gasteiger partial charge in [0.15, 0.2) is 0 Å². The molecule has 0 aromatic rings. The van der Waals surface area contributed by atoms with E-state index >= 15 is 0 Å². The van der Waals surface area contributed by atoms with Crippen molar-refractivity contribution in [1.82, 2.24) is 9.91 Å². The van der Waals surface area contributed by atoms with Gasteiger partial charge in [-0.2, -0.15) is 0 Å². The van der Waals surface area contributed by atoms with Gasteiger partial charge >= 0.3 is 0 Å². The summed E-state index contributed by atoms with van der Waals surface area (Å²) < 4.78 is 0. The summed E-state index contributed by atoms with van der Waals surface area (Å²) in [6.45, 7) is 5.51. The fourth-order valence-electron chi connectivity index (χ4n) is 2.43. The first-order valence-corrected chi connectivity index (χ1v) is 4.87. The van der Waals surface area contributed by atoms with Gasteiger partial charge in [0.25, 0.3) is 0 Å². The zero-order valence-corrected chi connectivity index (χ0v) is 8.12. The molecule has 1 spiro atoms. The Bertz CT molecular complexity index is 213. The second-order valence-corrected chi connectivity index (χ2v) is 4.41. The van der Waals surface area contributed by atoms with Gasteiger partial charge in [-0.3, -0.25) is 10.6 Å². The Kier molecular flexibility index (Phi) is 2.04. The minimum atomic E-state index is 0.207. The standard InChI is InChI=1S/C9H17N3O/c1-8(13)11-4-2-9(3-5-11)6-12(10)7-9/h2-7,10H2,1H3. The van der Waals surface area contributed by atoms with Crippen molar-refractivity contribution < 1.29 is 4.79 Å². The maximum Gasteiger partial charge on any atom is 0.219 e. The zero-order chi connectivity index (χ0) is 9.47. The highest BCUT2D eigenvalue weighted by Gasteiger charge is 2.43. The van der Waals surface area contributed by atoms with E-state index in [2.05, 4.69) is 0 Å². The number of hydrogen-bond donors (Lipinski definition) is 1. The molecule has 4 nitrogen and oxygen atoms in total. The predicted molar refractivity (Wildman–Crippen MR) is 49.7 cm³/mol. The third-order valence-electron chi connectivity index (χ3n) is 3.35. The predicted octanol–water partition coefficient (Wildman–Crippen LogP) is -0.196. The number of nitrogens with two attached hydrogens (primary N) is 1. The summed E-state index contributed by atoms with van der Waals surface area (Å²) >= 11 is 0. The van der Waals surface area contributed by atoms with Crippen molar-refractivity contribution in [2.45, 2.75) is 19.8 Å². The van der Waals surface area contributed by atoms with E-state index < -0.39 is 0 Å². The van der Waals surface area contributed by atoms with Crippen LogP contribution in [0.2, 0.25) is 0 Å². The fraction of sp³-hybridized carbons (Fsp3) is 0.889. The lowest BCUT2D eigenvalue weighted by molar-refractivity contribution is -0.133. The van der Waals surface area contributed by atoms with Crippen LogP contribution >= 0.6 is 0 Å². The molecule has 0 unspecified atom stereocenters. The average Bonchev–Trinajstić information content (AvgIpc) is 2.03. The minimum absolute atomic E-state index is 0.207. The largest absolute Gasteiger partial charge is 0.343 e. The van der Waals surface area contributed by atoms with Gasteiger partial charge in [0.05, 0.1) is 0 Å². The number of carbonyl (C=O) groups excluding carboxylic acids is 1. The van der Waals surface area contributed by atoms with E-state index in [1.54, 1.807) is 6.92 Å². The van der Waals surface area contributed by atoms with Crippen molar-refractivity contribution in [2.24, 2.45) is 11.3 Å². The van der Waals surface area contributed by atoms with Crippen LogP contribution < -0.4 is 5.84 Å². The van der Waals surface area contributed by atoms with Crippen LogP contribution in [0.15, 0.2) is 0 Å². The Labute approximate surface area is 78.6 Å². The summed E-state index contributed by atoms with van der Waals surface area (Å²) in [6, 6.07) is 0. The second kappa shape index (κ2) is 2.96. The van der Waals surface area contributed by atoms with Crippen LogP contribution in [0.4, 0.5) is 0 Å². The maximum atomic E-state index is 11.1. The average molecular weight is 183 g/mol. The van der Waals surface area contributed by atoms with E-state index in [9.17, 15) is 4.79 Å². The molecule has 13 heavy (non-hydrogen) atoms. The monoisotopic (exact) mass is 183 g/mol. The first kappa shape index (κ1) is 8.97. The molecule has 0 aromatic heterocycles. The van der Waals surface area contributed by atoms with Gasteiger partial charge in [0.1, 0.15) is 0 Å². The molecule has 2 saturated heterocycles. The number of rotatable bonds is 0. The molecule has 0 saturated carbocycles. The molecule has 2 heterocycles. The van der Waals surface area contributed by atoms with E-state index in [1.165, 1.54) is 0 Å². The smallest absolute Gasteiger partial charge is 0.219 e. The lowest BCUT2D eigenvalue weighted by atomic mass is 9.73. The normalized spacial score (nSPS) is 27.4. The molecular formula is C9H17N3O. The first-order chi connectivity index (χ1) is 6.11. The Morgan fingerprint density at radius 2 is 1.85 bits per heavy atom. The van der Waals surface area contributed by atoms with Crippen molar-refractivity contribution in [3.63, 3.8) is 0 Å². The van der Waals surface area contributed by atoms with Crippen LogP contribution in [0.1, 0.15) is 19.8 Å². The van der Waals surface area contributed by atoms with Gasteiger partial charge < -0.3 is 4.90 Å². The van der Waals surface area contributed by atoms with Crippen LogP contribution in [-0.2, 0) is 4.79 Å². The highest BCUT2D eigenvalue weighted by Crippen LogP contribution is 2.38. The van der Waals surface area contributed by atoms with Gasteiger partial charge in [-0.15, -0.1) is 0 Å². The van der Waals surface area contributed by atoms with Gasteiger partial charge in [-0.05, 0) is 12.8 Å². The van der Waals surface area contributed by atoms with E-state index in [1.807, 2.05) is 9.91 Å². The van der Waals surface area contributed by atoms with E-state index in [0.29, 0.717) is 5.41 Å². The fourth-order valence-corrected chi connectivity index (χ4v) is 2.43. The summed E-state index contributed by atoms with van der Waals surface area (Å²) in [5, 5.41) is 1.86. The summed E-state index contributed by atoms with van der Waals surface area (Å²) in [4.78, 5) is 13.0. The Morgan fingerprint density at radius 3 is 2.23 bits per heavy atom. The molecule has 2 rings (SSSR count). The Balaban J connectivity index is 1.86. The van der Waals surface area contributed by atoms with E-state index in [-0.39, 0.29) is 5.91 Å². The summed E-state index contributed by atoms with van der Waals surface area (Å²) in [5.41, 5.74) is 0.445. The summed E-state index contributed by atoms with van der Waals surface area (Å²) in [6.07, 6.45) is 2.25. The number of hydrogen-bond acceptors (Lipinski definition) is 3. The SMILES string of the molecule is CC(=O)N1CCC2(CC1)CN(N)C2. The maximum absolute atomic E-state index is 11.1. The third-order valence-corrected chi connectivity index (χ3v) is 3.35. The zero-order valence-electron chi connectivity index (χ0n) is 8.12. The lowest BCUT2D eigenvalue weighted by Crippen LogP contribution is -2.62. The molecule has 2 fully saturated rings. The van der Waals surface area contributed by atoms with Crippen LogP contribution in [-0.4, -0.2) is 42.0 Å². The minimum Gasteiger partial charge on any atom is -0.343 e. The number of hydrazine groups is 1. The highest BCUT2D eigenvalue weighted by molar-refractivity contribution is 5.73. The van der Waals surface area contributed by atoms with Gasteiger partial charge in [0.2, 0.25) is 5.91 Å². The van der Waals surface area contributed by atoms with Crippen molar-refractivity contribution >= 4 is 5.91 Å². The molecule has 0 bridgehead atoms. The molecule has 74 valence electrons. The Morgan fingerprint density at radius 1 is 1.31 bits per heavy atom. The molecule has 0 aromatic carbocycles. The van der Waals surface area contributed by atoms with Gasteiger partial charge in [0, 0.05) is 38.5 Å². The molecule has 0 radical (unpaired) electrons. The lowest BCUT2D eigenvalue weighted by Gasteiger charge is -2.52. The quantitative estimate of drug-likeness (QED) is 0.529. The Hall–Kier alpha value is -0.610. The topological polar surface area (TPSA) is 49.6 Å². The molecule has 1 amide bonds. The van der Waals surface area contributed by atoms with Crippen molar-refractivity contribution in [1.29, 1.82) is 0 Å². The van der Waals surface area contributed by atoms with E-state index in [0.717, 1.165) is 39.0 Å². The molecule has 2 aliphatic rings. The van der Waals surface area contributed by atoms with Crippen molar-refractivity contribution in [3.05, 3.63) is 0 Å². The number of amides is 1. The molecule has 0 aliphatic carbocycles.